The zero-order valence-electron chi connectivity index (χ0n) is 19.2. The van der Waals surface area contributed by atoms with Crippen LogP contribution in [0.2, 0.25) is 0 Å². The zero-order valence-corrected chi connectivity index (χ0v) is 20.9. The van der Waals surface area contributed by atoms with Gasteiger partial charge in [0.05, 0.1) is 21.2 Å². The van der Waals surface area contributed by atoms with Gasteiger partial charge in [-0.1, -0.05) is 84.1 Å². The van der Waals surface area contributed by atoms with Gasteiger partial charge in [0.15, 0.2) is 0 Å². The van der Waals surface area contributed by atoms with Crippen molar-refractivity contribution < 1.29 is 13.2 Å². The van der Waals surface area contributed by atoms with Crippen LogP contribution in [0.15, 0.2) is 101 Å². The van der Waals surface area contributed by atoms with E-state index in [-0.39, 0.29) is 23.1 Å². The molecule has 1 aromatic heterocycles. The predicted molar refractivity (Wildman–Crippen MR) is 138 cm³/mol. The van der Waals surface area contributed by atoms with Crippen molar-refractivity contribution in [2.24, 2.45) is 0 Å². The average Bonchev–Trinajstić information content (AvgIpc) is 3.34. The lowest BCUT2D eigenvalue weighted by Crippen LogP contribution is -2.38. The van der Waals surface area contributed by atoms with Gasteiger partial charge in [0, 0.05) is 18.5 Å². The normalized spacial score (nSPS) is 16.6. The summed E-state index contributed by atoms with van der Waals surface area (Å²) >= 11 is 1.36. The number of rotatable bonds is 6. The fourth-order valence-electron chi connectivity index (χ4n) is 4.28. The van der Waals surface area contributed by atoms with E-state index in [1.54, 1.807) is 29.2 Å². The highest BCUT2D eigenvalue weighted by atomic mass is 32.2. The molecule has 0 bridgehead atoms. The number of carbonyl (C=O) groups excluding carboxylic acids is 1. The van der Waals surface area contributed by atoms with Gasteiger partial charge in [-0.05, 0) is 36.8 Å². The molecule has 1 fully saturated rings. The SMILES string of the molecule is Cc1ccc(S(=O)(=O)N2CCN(C(=O)CSc3ccc4ccccc4n3)C2c2ccccc2)cc1. The second-order valence-corrected chi connectivity index (χ2v) is 11.3. The zero-order chi connectivity index (χ0) is 24.4. The number of hydrogen-bond donors (Lipinski definition) is 0. The number of nitrogens with zero attached hydrogens (tertiary/aromatic N) is 3. The molecule has 1 aliphatic heterocycles. The summed E-state index contributed by atoms with van der Waals surface area (Å²) in [6, 6.07) is 27.9. The third kappa shape index (κ3) is 4.82. The minimum atomic E-state index is -3.79. The molecule has 1 saturated heterocycles. The van der Waals surface area contributed by atoms with Gasteiger partial charge >= 0.3 is 0 Å². The fraction of sp³-hybridized carbons (Fsp3) is 0.185. The average molecular weight is 504 g/mol. The molecule has 1 amide bonds. The molecular formula is C27H25N3O3S2. The minimum Gasteiger partial charge on any atom is -0.320 e. The summed E-state index contributed by atoms with van der Waals surface area (Å²) in [5.41, 5.74) is 2.63. The Hall–Kier alpha value is -3.20. The van der Waals surface area contributed by atoms with E-state index in [1.807, 2.05) is 73.7 Å². The Labute approximate surface area is 209 Å². The van der Waals surface area contributed by atoms with Crippen molar-refractivity contribution in [2.75, 3.05) is 18.8 Å². The smallest absolute Gasteiger partial charge is 0.245 e. The van der Waals surface area contributed by atoms with Crippen molar-refractivity contribution in [2.45, 2.75) is 23.0 Å². The van der Waals surface area contributed by atoms with Crippen LogP contribution in [-0.2, 0) is 14.8 Å². The molecule has 1 unspecified atom stereocenters. The number of amides is 1. The Bertz CT molecular complexity index is 1460. The summed E-state index contributed by atoms with van der Waals surface area (Å²) in [5.74, 6) is 0.0491. The van der Waals surface area contributed by atoms with Gasteiger partial charge < -0.3 is 4.90 Å². The summed E-state index contributed by atoms with van der Waals surface area (Å²) in [6.45, 7) is 2.48. The third-order valence-corrected chi connectivity index (χ3v) is 8.87. The first-order chi connectivity index (χ1) is 16.9. The van der Waals surface area contributed by atoms with E-state index in [0.717, 1.165) is 27.1 Å². The van der Waals surface area contributed by atoms with Crippen molar-refractivity contribution in [1.29, 1.82) is 0 Å². The number of thioether (sulfide) groups is 1. The number of hydrogen-bond acceptors (Lipinski definition) is 5. The molecule has 0 spiro atoms. The van der Waals surface area contributed by atoms with Crippen molar-refractivity contribution in [3.05, 3.63) is 102 Å². The summed E-state index contributed by atoms with van der Waals surface area (Å²) < 4.78 is 28.6. The minimum absolute atomic E-state index is 0.125. The quantitative estimate of drug-likeness (QED) is 0.351. The molecule has 1 aliphatic rings. The molecule has 6 nitrogen and oxygen atoms in total. The van der Waals surface area contributed by atoms with Crippen LogP contribution in [-0.4, -0.2) is 47.4 Å². The molecule has 3 aromatic carbocycles. The highest BCUT2D eigenvalue weighted by Crippen LogP contribution is 2.35. The van der Waals surface area contributed by atoms with Gasteiger partial charge in [-0.25, -0.2) is 13.4 Å². The van der Waals surface area contributed by atoms with Crippen LogP contribution in [0.3, 0.4) is 0 Å². The maximum absolute atomic E-state index is 13.6. The highest BCUT2D eigenvalue weighted by Gasteiger charge is 2.43. The monoisotopic (exact) mass is 503 g/mol. The van der Waals surface area contributed by atoms with E-state index in [4.69, 9.17) is 0 Å². The number of para-hydroxylation sites is 1. The van der Waals surface area contributed by atoms with Crippen LogP contribution in [0.1, 0.15) is 17.3 Å². The van der Waals surface area contributed by atoms with Gasteiger partial charge in [0.25, 0.3) is 0 Å². The first kappa shape index (κ1) is 23.5. The number of aryl methyl sites for hydroxylation is 1. The van der Waals surface area contributed by atoms with E-state index in [0.29, 0.717) is 6.54 Å². The summed E-state index contributed by atoms with van der Waals surface area (Å²) in [5, 5.41) is 1.81. The van der Waals surface area contributed by atoms with Crippen molar-refractivity contribution in [3.8, 4) is 0 Å². The summed E-state index contributed by atoms with van der Waals surface area (Å²) in [6.07, 6.45) is -0.694. The molecule has 2 heterocycles. The number of carbonyl (C=O) groups is 1. The number of fused-ring (bicyclic) bond motifs is 1. The second kappa shape index (κ2) is 9.81. The largest absolute Gasteiger partial charge is 0.320 e. The molecule has 1 atom stereocenters. The third-order valence-electron chi connectivity index (χ3n) is 6.09. The Morgan fingerprint density at radius 1 is 0.914 bits per heavy atom. The van der Waals surface area contributed by atoms with Crippen LogP contribution in [0, 0.1) is 6.92 Å². The molecule has 5 rings (SSSR count). The number of pyridine rings is 1. The maximum Gasteiger partial charge on any atom is 0.245 e. The molecule has 0 N–H and O–H groups in total. The molecule has 0 aliphatic carbocycles. The number of benzene rings is 3. The van der Waals surface area contributed by atoms with Crippen LogP contribution in [0.25, 0.3) is 10.9 Å². The molecule has 178 valence electrons. The van der Waals surface area contributed by atoms with Gasteiger partial charge in [-0.2, -0.15) is 4.31 Å². The Morgan fingerprint density at radius 2 is 1.63 bits per heavy atom. The van der Waals surface area contributed by atoms with Crippen LogP contribution in [0.4, 0.5) is 0 Å². The summed E-state index contributed by atoms with van der Waals surface area (Å²) in [7, 11) is -3.79. The molecular weight excluding hydrogens is 478 g/mol. The molecule has 4 aromatic rings. The van der Waals surface area contributed by atoms with Gasteiger partial charge in [-0.3, -0.25) is 4.79 Å². The predicted octanol–water partition coefficient (Wildman–Crippen LogP) is 4.87. The van der Waals surface area contributed by atoms with Crippen LogP contribution >= 0.6 is 11.8 Å². The molecule has 35 heavy (non-hydrogen) atoms. The van der Waals surface area contributed by atoms with E-state index in [9.17, 15) is 13.2 Å². The lowest BCUT2D eigenvalue weighted by atomic mass is 10.1. The van der Waals surface area contributed by atoms with Crippen molar-refractivity contribution >= 4 is 38.6 Å². The highest BCUT2D eigenvalue weighted by molar-refractivity contribution is 7.99. The van der Waals surface area contributed by atoms with Gasteiger partial charge in [0.1, 0.15) is 6.17 Å². The Kier molecular flexibility index (Phi) is 6.60. The van der Waals surface area contributed by atoms with Gasteiger partial charge in [-0.15, -0.1) is 0 Å². The second-order valence-electron chi connectivity index (χ2n) is 8.43. The molecule has 0 saturated carbocycles. The Morgan fingerprint density at radius 3 is 2.40 bits per heavy atom. The standard InChI is InChI=1S/C27H25N3O3S2/c1-20-11-14-23(15-12-20)35(32,33)30-18-17-29(27(30)22-8-3-2-4-9-22)26(31)19-34-25-16-13-21-7-5-6-10-24(21)28-25/h2-16,27H,17-19H2,1H3. The summed E-state index contributed by atoms with van der Waals surface area (Å²) in [4.78, 5) is 19.9. The van der Waals surface area contributed by atoms with E-state index < -0.39 is 16.2 Å². The van der Waals surface area contributed by atoms with Gasteiger partial charge in [0.2, 0.25) is 15.9 Å². The number of aromatic nitrogens is 1. The molecule has 0 radical (unpaired) electrons. The van der Waals surface area contributed by atoms with Crippen molar-refractivity contribution in [1.82, 2.24) is 14.2 Å². The lowest BCUT2D eigenvalue weighted by Gasteiger charge is -2.30. The maximum atomic E-state index is 13.6. The van der Waals surface area contributed by atoms with Crippen LogP contribution < -0.4 is 0 Å². The number of sulfonamides is 1. The topological polar surface area (TPSA) is 70.6 Å². The van der Waals surface area contributed by atoms with Crippen LogP contribution in [0.5, 0.6) is 0 Å². The van der Waals surface area contributed by atoms with Crippen molar-refractivity contribution in [3.63, 3.8) is 0 Å². The molecule has 8 heteroatoms. The Balaban J connectivity index is 1.40. The fourth-order valence-corrected chi connectivity index (χ4v) is 6.62. The first-order valence-electron chi connectivity index (χ1n) is 11.3. The lowest BCUT2D eigenvalue weighted by molar-refractivity contribution is -0.130. The van der Waals surface area contributed by atoms with E-state index >= 15 is 0 Å². The van der Waals surface area contributed by atoms with E-state index in [1.165, 1.54) is 16.1 Å². The van der Waals surface area contributed by atoms with E-state index in [2.05, 4.69) is 4.98 Å². The first-order valence-corrected chi connectivity index (χ1v) is 13.8.